The Hall–Kier alpha value is -1.76. The highest BCUT2D eigenvalue weighted by Crippen LogP contribution is 2.34. The van der Waals surface area contributed by atoms with Gasteiger partial charge in [-0.05, 0) is 35.8 Å². The zero-order chi connectivity index (χ0) is 15.7. The normalized spacial score (nSPS) is 11.0. The highest BCUT2D eigenvalue weighted by molar-refractivity contribution is 9.10. The average molecular weight is 360 g/mol. The minimum atomic E-state index is -0.766. The number of fused-ring (bicyclic) bond motifs is 1. The van der Waals surface area contributed by atoms with E-state index < -0.39 is 17.6 Å². The van der Waals surface area contributed by atoms with Crippen molar-refractivity contribution >= 4 is 32.8 Å². The molecule has 2 aromatic rings. The fourth-order valence-corrected chi connectivity index (χ4v) is 2.22. The summed E-state index contributed by atoms with van der Waals surface area (Å²) >= 11 is 2.94. The summed E-state index contributed by atoms with van der Waals surface area (Å²) in [6, 6.07) is 2.19. The molecule has 0 aliphatic rings. The first kappa shape index (κ1) is 15.6. The summed E-state index contributed by atoms with van der Waals surface area (Å²) in [5.41, 5.74) is -0.435. The maximum atomic E-state index is 14.3. The molecule has 0 spiro atoms. The Balaban J connectivity index is 2.84. The second-order valence-electron chi connectivity index (χ2n) is 4.54. The van der Waals surface area contributed by atoms with Crippen LogP contribution in [0.2, 0.25) is 0 Å². The zero-order valence-electron chi connectivity index (χ0n) is 11.5. The highest BCUT2D eigenvalue weighted by Gasteiger charge is 2.21. The first-order valence-electron chi connectivity index (χ1n) is 6.08. The number of carbonyl (C=O) groups excluding carboxylic acids is 1. The molecule has 4 nitrogen and oxygen atoms in total. The molecule has 0 atom stereocenters. The molecule has 21 heavy (non-hydrogen) atoms. The third-order valence-corrected chi connectivity index (χ3v) is 3.23. The summed E-state index contributed by atoms with van der Waals surface area (Å²) in [5, 5.41) is -0.122. The van der Waals surface area contributed by atoms with Crippen LogP contribution in [-0.4, -0.2) is 24.2 Å². The Morgan fingerprint density at radius 3 is 2.57 bits per heavy atom. The Labute approximate surface area is 128 Å². The fraction of sp³-hybridized carbons (Fsp3) is 0.286. The maximum absolute atomic E-state index is 14.3. The summed E-state index contributed by atoms with van der Waals surface area (Å²) in [6.45, 7) is 3.46. The number of ether oxygens (including phenoxy) is 2. The van der Waals surface area contributed by atoms with E-state index in [9.17, 15) is 13.6 Å². The van der Waals surface area contributed by atoms with Crippen LogP contribution in [0.15, 0.2) is 16.6 Å². The van der Waals surface area contributed by atoms with Crippen molar-refractivity contribution in [1.82, 2.24) is 4.98 Å². The topological polar surface area (TPSA) is 48.4 Å². The number of esters is 1. The minimum Gasteiger partial charge on any atom is -0.490 e. The third-order valence-electron chi connectivity index (χ3n) is 2.65. The van der Waals surface area contributed by atoms with Crippen molar-refractivity contribution in [3.05, 3.63) is 33.9 Å². The lowest BCUT2D eigenvalue weighted by Gasteiger charge is -2.14. The largest absolute Gasteiger partial charge is 0.490 e. The molecule has 112 valence electrons. The van der Waals surface area contributed by atoms with Crippen molar-refractivity contribution in [2.45, 2.75) is 20.0 Å². The second-order valence-corrected chi connectivity index (χ2v) is 5.40. The summed E-state index contributed by atoms with van der Waals surface area (Å²) in [7, 11) is 1.18. The third kappa shape index (κ3) is 2.97. The number of rotatable bonds is 3. The molecule has 1 aromatic carbocycles. The van der Waals surface area contributed by atoms with Gasteiger partial charge in [-0.1, -0.05) is 0 Å². The van der Waals surface area contributed by atoms with E-state index in [2.05, 4.69) is 25.7 Å². The van der Waals surface area contributed by atoms with Gasteiger partial charge in [-0.25, -0.2) is 18.6 Å². The van der Waals surface area contributed by atoms with Crippen LogP contribution < -0.4 is 4.74 Å². The van der Waals surface area contributed by atoms with Crippen molar-refractivity contribution < 1.29 is 23.0 Å². The molecule has 0 aliphatic heterocycles. The summed E-state index contributed by atoms with van der Waals surface area (Å²) < 4.78 is 38.3. The first-order chi connectivity index (χ1) is 9.85. The summed E-state index contributed by atoms with van der Waals surface area (Å²) in [6.07, 6.45) is -0.289. The lowest BCUT2D eigenvalue weighted by molar-refractivity contribution is 0.0593. The summed E-state index contributed by atoms with van der Waals surface area (Å²) in [5.74, 6) is -2.19. The number of carbonyl (C=O) groups is 1. The number of benzene rings is 1. The van der Waals surface area contributed by atoms with Gasteiger partial charge >= 0.3 is 5.97 Å². The Morgan fingerprint density at radius 1 is 1.33 bits per heavy atom. The summed E-state index contributed by atoms with van der Waals surface area (Å²) in [4.78, 5) is 15.4. The molecule has 1 heterocycles. The van der Waals surface area contributed by atoms with Gasteiger partial charge in [-0.3, -0.25) is 0 Å². The Morgan fingerprint density at radius 2 is 2.00 bits per heavy atom. The number of halogens is 3. The van der Waals surface area contributed by atoms with Crippen molar-refractivity contribution in [3.63, 3.8) is 0 Å². The number of aromatic nitrogens is 1. The van der Waals surface area contributed by atoms with E-state index in [1.165, 1.54) is 13.2 Å². The number of hydrogen-bond acceptors (Lipinski definition) is 4. The van der Waals surface area contributed by atoms with Gasteiger partial charge in [0, 0.05) is 6.07 Å². The van der Waals surface area contributed by atoms with Crippen molar-refractivity contribution in [3.8, 4) is 5.75 Å². The molecule has 0 saturated heterocycles. The SMILES string of the molecule is COC(=O)c1cc(OC(C)C)c2c(F)c(Br)cc(F)c2n1. The molecule has 0 amide bonds. The monoisotopic (exact) mass is 359 g/mol. The standard InChI is InChI=1S/C14H12BrF2NO3/c1-6(2)21-10-5-9(14(19)20-3)18-13-8(16)4-7(15)12(17)11(10)13/h4-6H,1-3H3. The fourth-order valence-electron chi connectivity index (χ4n) is 1.83. The average Bonchev–Trinajstić information content (AvgIpc) is 2.42. The molecular formula is C14H12BrF2NO3. The number of nitrogens with zero attached hydrogens (tertiary/aromatic N) is 1. The van der Waals surface area contributed by atoms with E-state index in [0.717, 1.165) is 6.07 Å². The lowest BCUT2D eigenvalue weighted by atomic mass is 10.1. The van der Waals surface area contributed by atoms with Crippen LogP contribution in [0.25, 0.3) is 10.9 Å². The molecule has 0 saturated carbocycles. The van der Waals surface area contributed by atoms with Gasteiger partial charge in [0.05, 0.1) is 23.1 Å². The smallest absolute Gasteiger partial charge is 0.356 e. The molecule has 0 radical (unpaired) electrons. The van der Waals surface area contributed by atoms with Gasteiger partial charge in [-0.2, -0.15) is 0 Å². The van der Waals surface area contributed by atoms with Crippen LogP contribution in [0.1, 0.15) is 24.3 Å². The Kier molecular flexibility index (Phi) is 4.41. The minimum absolute atomic E-state index is 0.0353. The van der Waals surface area contributed by atoms with Crippen molar-refractivity contribution in [2.24, 2.45) is 0 Å². The number of pyridine rings is 1. The van der Waals surface area contributed by atoms with Gasteiger partial charge < -0.3 is 9.47 Å². The molecule has 0 N–H and O–H groups in total. The Bertz CT molecular complexity index is 719. The van der Waals surface area contributed by atoms with Crippen LogP contribution in [0.4, 0.5) is 8.78 Å². The molecular weight excluding hydrogens is 348 g/mol. The zero-order valence-corrected chi connectivity index (χ0v) is 13.1. The predicted octanol–water partition coefficient (Wildman–Crippen LogP) is 3.85. The molecule has 7 heteroatoms. The quantitative estimate of drug-likeness (QED) is 0.616. The van der Waals surface area contributed by atoms with E-state index in [4.69, 9.17) is 4.74 Å². The van der Waals surface area contributed by atoms with Crippen molar-refractivity contribution in [1.29, 1.82) is 0 Å². The molecule has 0 unspecified atom stereocenters. The van der Waals surface area contributed by atoms with E-state index >= 15 is 0 Å². The van der Waals surface area contributed by atoms with Crippen LogP contribution in [0.5, 0.6) is 5.75 Å². The molecule has 0 bridgehead atoms. The van der Waals surface area contributed by atoms with E-state index in [1.807, 2.05) is 0 Å². The van der Waals surface area contributed by atoms with Gasteiger partial charge in [0.15, 0.2) is 17.3 Å². The predicted molar refractivity (Wildman–Crippen MR) is 76.5 cm³/mol. The van der Waals surface area contributed by atoms with Crippen molar-refractivity contribution in [2.75, 3.05) is 7.11 Å². The number of hydrogen-bond donors (Lipinski definition) is 0. The molecule has 0 aliphatic carbocycles. The van der Waals surface area contributed by atoms with Crippen LogP contribution >= 0.6 is 15.9 Å². The first-order valence-corrected chi connectivity index (χ1v) is 6.87. The molecule has 1 aromatic heterocycles. The van der Waals surface area contributed by atoms with Crippen LogP contribution in [-0.2, 0) is 4.74 Å². The molecule has 2 rings (SSSR count). The maximum Gasteiger partial charge on any atom is 0.356 e. The second kappa shape index (κ2) is 5.93. The lowest BCUT2D eigenvalue weighted by Crippen LogP contribution is -2.11. The number of methoxy groups -OCH3 is 1. The highest BCUT2D eigenvalue weighted by atomic mass is 79.9. The van der Waals surface area contributed by atoms with Crippen LogP contribution in [0, 0.1) is 11.6 Å². The van der Waals surface area contributed by atoms with E-state index in [-0.39, 0.29) is 32.9 Å². The van der Waals surface area contributed by atoms with Gasteiger partial charge in [0.1, 0.15) is 11.3 Å². The van der Waals surface area contributed by atoms with Gasteiger partial charge in [0.25, 0.3) is 0 Å². The van der Waals surface area contributed by atoms with E-state index in [1.54, 1.807) is 13.8 Å². The van der Waals surface area contributed by atoms with Gasteiger partial charge in [-0.15, -0.1) is 0 Å². The van der Waals surface area contributed by atoms with Crippen LogP contribution in [0.3, 0.4) is 0 Å². The van der Waals surface area contributed by atoms with Gasteiger partial charge in [0.2, 0.25) is 0 Å². The molecule has 0 fully saturated rings. The van der Waals surface area contributed by atoms with E-state index in [0.29, 0.717) is 0 Å².